The number of hydrogen-bond acceptors (Lipinski definition) is 2. The summed E-state index contributed by atoms with van der Waals surface area (Å²) in [4.78, 5) is 2.56. The van der Waals surface area contributed by atoms with Crippen LogP contribution >= 0.6 is 0 Å². The van der Waals surface area contributed by atoms with Gasteiger partial charge in [0, 0.05) is 32.2 Å². The minimum atomic E-state index is 0.791. The number of hydrogen-bond donors (Lipinski definition) is 1. The summed E-state index contributed by atoms with van der Waals surface area (Å²) in [6.45, 7) is 6.89. The average molecular weight is 180 g/mol. The number of nitrogens with one attached hydrogen (secondary N) is 1. The van der Waals surface area contributed by atoms with Gasteiger partial charge in [-0.2, -0.15) is 0 Å². The first kappa shape index (κ1) is 9.22. The molecule has 2 aliphatic rings. The first-order valence-electron chi connectivity index (χ1n) is 5.47. The van der Waals surface area contributed by atoms with Gasteiger partial charge in [-0.25, -0.2) is 0 Å². The van der Waals surface area contributed by atoms with Crippen molar-refractivity contribution in [2.75, 3.05) is 26.2 Å². The van der Waals surface area contributed by atoms with E-state index in [2.05, 4.69) is 29.3 Å². The standard InChI is InChI=1S/C11H20N2/c1-2-3-7-13-8-6-12-11(9-13)10-4-5-10/h2-3,10-12H,4-9H2,1H3/b3-2+. The van der Waals surface area contributed by atoms with Crippen LogP contribution < -0.4 is 5.32 Å². The lowest BCUT2D eigenvalue weighted by molar-refractivity contribution is 0.205. The van der Waals surface area contributed by atoms with Crippen molar-refractivity contribution in [3.05, 3.63) is 12.2 Å². The zero-order valence-electron chi connectivity index (χ0n) is 8.50. The Morgan fingerprint density at radius 2 is 2.31 bits per heavy atom. The quantitative estimate of drug-likeness (QED) is 0.658. The largest absolute Gasteiger partial charge is 0.311 e. The summed E-state index contributed by atoms with van der Waals surface area (Å²) >= 11 is 0. The van der Waals surface area contributed by atoms with Crippen LogP contribution in [0.15, 0.2) is 12.2 Å². The maximum absolute atomic E-state index is 3.62. The molecule has 1 saturated heterocycles. The predicted molar refractivity (Wildman–Crippen MR) is 55.8 cm³/mol. The molecule has 1 heterocycles. The van der Waals surface area contributed by atoms with Crippen LogP contribution in [-0.2, 0) is 0 Å². The van der Waals surface area contributed by atoms with E-state index in [0.29, 0.717) is 0 Å². The summed E-state index contributed by atoms with van der Waals surface area (Å²) in [5.41, 5.74) is 0. The van der Waals surface area contributed by atoms with E-state index in [1.54, 1.807) is 0 Å². The third kappa shape index (κ3) is 2.55. The molecule has 0 aromatic rings. The zero-order chi connectivity index (χ0) is 9.10. The van der Waals surface area contributed by atoms with E-state index in [1.807, 2.05) is 0 Å². The molecule has 74 valence electrons. The van der Waals surface area contributed by atoms with Gasteiger partial charge in [0.2, 0.25) is 0 Å². The van der Waals surface area contributed by atoms with Crippen molar-refractivity contribution in [3.8, 4) is 0 Å². The molecule has 1 aliphatic heterocycles. The molecule has 2 heteroatoms. The van der Waals surface area contributed by atoms with Crippen molar-refractivity contribution in [1.82, 2.24) is 10.2 Å². The first-order valence-corrected chi connectivity index (χ1v) is 5.47. The number of nitrogens with zero attached hydrogens (tertiary/aromatic N) is 1. The topological polar surface area (TPSA) is 15.3 Å². The zero-order valence-corrected chi connectivity index (χ0v) is 8.50. The van der Waals surface area contributed by atoms with Crippen molar-refractivity contribution in [2.24, 2.45) is 5.92 Å². The lowest BCUT2D eigenvalue weighted by atomic mass is 10.1. The Labute approximate surface area is 81.0 Å². The van der Waals surface area contributed by atoms with Crippen LogP contribution in [0.2, 0.25) is 0 Å². The van der Waals surface area contributed by atoms with E-state index < -0.39 is 0 Å². The van der Waals surface area contributed by atoms with Gasteiger partial charge in [-0.3, -0.25) is 4.90 Å². The molecule has 0 aromatic carbocycles. The van der Waals surface area contributed by atoms with Crippen molar-refractivity contribution in [1.29, 1.82) is 0 Å². The van der Waals surface area contributed by atoms with Crippen LogP contribution in [0.3, 0.4) is 0 Å². The Bertz CT molecular complexity index is 185. The highest BCUT2D eigenvalue weighted by molar-refractivity contribution is 4.93. The number of allylic oxidation sites excluding steroid dienone is 1. The van der Waals surface area contributed by atoms with Crippen LogP contribution in [0, 0.1) is 5.92 Å². The number of rotatable bonds is 3. The van der Waals surface area contributed by atoms with E-state index in [-0.39, 0.29) is 0 Å². The summed E-state index contributed by atoms with van der Waals surface area (Å²) in [5, 5.41) is 3.62. The molecular weight excluding hydrogens is 160 g/mol. The summed E-state index contributed by atoms with van der Waals surface area (Å²) < 4.78 is 0. The highest BCUT2D eigenvalue weighted by atomic mass is 15.2. The van der Waals surface area contributed by atoms with Crippen molar-refractivity contribution >= 4 is 0 Å². The Hall–Kier alpha value is -0.340. The molecule has 0 radical (unpaired) electrons. The fourth-order valence-corrected chi connectivity index (χ4v) is 2.08. The highest BCUT2D eigenvalue weighted by Crippen LogP contribution is 2.33. The summed E-state index contributed by atoms with van der Waals surface area (Å²) in [5.74, 6) is 0.994. The highest BCUT2D eigenvalue weighted by Gasteiger charge is 2.33. The second-order valence-corrected chi connectivity index (χ2v) is 4.23. The van der Waals surface area contributed by atoms with Gasteiger partial charge in [-0.1, -0.05) is 12.2 Å². The molecule has 1 N–H and O–H groups in total. The second-order valence-electron chi connectivity index (χ2n) is 4.23. The molecule has 0 aromatic heterocycles. The molecule has 1 aliphatic carbocycles. The Morgan fingerprint density at radius 3 is 3.00 bits per heavy atom. The molecule has 1 saturated carbocycles. The Morgan fingerprint density at radius 1 is 1.46 bits per heavy atom. The molecule has 0 amide bonds. The predicted octanol–water partition coefficient (Wildman–Crippen LogP) is 1.25. The first-order chi connectivity index (χ1) is 6.40. The van der Waals surface area contributed by atoms with E-state index in [9.17, 15) is 0 Å². The van der Waals surface area contributed by atoms with Gasteiger partial charge in [0.05, 0.1) is 0 Å². The van der Waals surface area contributed by atoms with Gasteiger partial charge in [-0.15, -0.1) is 0 Å². The van der Waals surface area contributed by atoms with Crippen molar-refractivity contribution in [3.63, 3.8) is 0 Å². The molecule has 2 fully saturated rings. The Kier molecular flexibility index (Phi) is 3.01. The molecule has 13 heavy (non-hydrogen) atoms. The van der Waals surface area contributed by atoms with Crippen LogP contribution in [0.4, 0.5) is 0 Å². The van der Waals surface area contributed by atoms with Crippen molar-refractivity contribution in [2.45, 2.75) is 25.8 Å². The van der Waals surface area contributed by atoms with E-state index in [1.165, 1.54) is 32.5 Å². The second kappa shape index (κ2) is 4.25. The van der Waals surface area contributed by atoms with E-state index >= 15 is 0 Å². The molecule has 1 unspecified atom stereocenters. The molecule has 1 atom stereocenters. The van der Waals surface area contributed by atoms with Crippen molar-refractivity contribution < 1.29 is 0 Å². The molecule has 2 nitrogen and oxygen atoms in total. The SMILES string of the molecule is C/C=C/CN1CCNC(C2CC2)C1. The van der Waals surface area contributed by atoms with Crippen LogP contribution in [-0.4, -0.2) is 37.1 Å². The van der Waals surface area contributed by atoms with Gasteiger partial charge >= 0.3 is 0 Å². The lowest BCUT2D eigenvalue weighted by Gasteiger charge is -2.33. The molecular formula is C11H20N2. The van der Waals surface area contributed by atoms with E-state index in [0.717, 1.165) is 18.5 Å². The summed E-state index contributed by atoms with van der Waals surface area (Å²) in [6.07, 6.45) is 7.31. The molecule has 0 bridgehead atoms. The molecule has 2 rings (SSSR count). The third-order valence-electron chi connectivity index (χ3n) is 3.08. The maximum Gasteiger partial charge on any atom is 0.0223 e. The van der Waals surface area contributed by atoms with Gasteiger partial charge in [-0.05, 0) is 25.7 Å². The van der Waals surface area contributed by atoms with Gasteiger partial charge in [0.1, 0.15) is 0 Å². The molecule has 0 spiro atoms. The van der Waals surface area contributed by atoms with Gasteiger partial charge < -0.3 is 5.32 Å². The normalized spacial score (nSPS) is 31.3. The number of piperazine rings is 1. The van der Waals surface area contributed by atoms with E-state index in [4.69, 9.17) is 0 Å². The summed E-state index contributed by atoms with van der Waals surface area (Å²) in [7, 11) is 0. The minimum Gasteiger partial charge on any atom is -0.311 e. The summed E-state index contributed by atoms with van der Waals surface area (Å²) in [6, 6.07) is 0.791. The lowest BCUT2D eigenvalue weighted by Crippen LogP contribution is -2.51. The fourth-order valence-electron chi connectivity index (χ4n) is 2.08. The smallest absolute Gasteiger partial charge is 0.0223 e. The minimum absolute atomic E-state index is 0.791. The third-order valence-corrected chi connectivity index (χ3v) is 3.08. The monoisotopic (exact) mass is 180 g/mol. The average Bonchev–Trinajstić information content (AvgIpc) is 2.98. The fraction of sp³-hybridized carbons (Fsp3) is 0.818. The van der Waals surface area contributed by atoms with Gasteiger partial charge in [0.25, 0.3) is 0 Å². The van der Waals surface area contributed by atoms with Gasteiger partial charge in [0.15, 0.2) is 0 Å². The Balaban J connectivity index is 1.77. The van der Waals surface area contributed by atoms with Crippen LogP contribution in [0.5, 0.6) is 0 Å². The van der Waals surface area contributed by atoms with Crippen LogP contribution in [0.25, 0.3) is 0 Å². The van der Waals surface area contributed by atoms with Crippen LogP contribution in [0.1, 0.15) is 19.8 Å². The maximum atomic E-state index is 3.62.